The number of nitrogens with two attached hydrogens (primary N) is 1. The lowest BCUT2D eigenvalue weighted by molar-refractivity contribution is 0.301. The second-order valence-corrected chi connectivity index (χ2v) is 3.78. The van der Waals surface area contributed by atoms with Crippen LogP contribution >= 0.6 is 0 Å². The van der Waals surface area contributed by atoms with Gasteiger partial charge >= 0.3 is 0 Å². The Labute approximate surface area is 105 Å². The van der Waals surface area contributed by atoms with Crippen LogP contribution in [0, 0.1) is 5.82 Å². The average molecular weight is 247 g/mol. The third-order valence-corrected chi connectivity index (χ3v) is 2.56. The Bertz CT molecular complexity index is 543. The molecule has 94 valence electrons. The van der Waals surface area contributed by atoms with Gasteiger partial charge in [0.2, 0.25) is 0 Å². The van der Waals surface area contributed by atoms with Gasteiger partial charge in [0.05, 0.1) is 12.8 Å². The van der Waals surface area contributed by atoms with Crippen LogP contribution in [-0.2, 0) is 6.61 Å². The summed E-state index contributed by atoms with van der Waals surface area (Å²) in [6.07, 6.45) is 0. The maximum absolute atomic E-state index is 13.4. The molecule has 0 spiro atoms. The number of rotatable bonds is 4. The van der Waals surface area contributed by atoms with Crippen molar-refractivity contribution < 1.29 is 13.9 Å². The van der Waals surface area contributed by atoms with Gasteiger partial charge in [-0.25, -0.2) is 4.39 Å². The molecular weight excluding hydrogens is 233 g/mol. The zero-order chi connectivity index (χ0) is 13.0. The molecule has 0 aromatic heterocycles. The first-order valence-electron chi connectivity index (χ1n) is 5.50. The van der Waals surface area contributed by atoms with Crippen LogP contribution in [0.3, 0.4) is 0 Å². The standard InChI is InChI=1S/C14H14FNO2/c1-17-11-6-7-14(13(16)8-11)18-9-10-4-2-3-5-12(10)15/h2-8H,9,16H2,1H3. The minimum absolute atomic E-state index is 0.142. The molecule has 3 nitrogen and oxygen atoms in total. The van der Waals surface area contributed by atoms with E-state index >= 15 is 0 Å². The molecule has 0 aliphatic carbocycles. The number of nitrogen functional groups attached to an aromatic ring is 1. The highest BCUT2D eigenvalue weighted by atomic mass is 19.1. The zero-order valence-corrected chi connectivity index (χ0v) is 10.0. The van der Waals surface area contributed by atoms with E-state index in [0.717, 1.165) is 0 Å². The topological polar surface area (TPSA) is 44.5 Å². The fourth-order valence-corrected chi connectivity index (χ4v) is 1.56. The van der Waals surface area contributed by atoms with Gasteiger partial charge in [-0.2, -0.15) is 0 Å². The van der Waals surface area contributed by atoms with Crippen LogP contribution in [0.25, 0.3) is 0 Å². The molecule has 0 amide bonds. The highest BCUT2D eigenvalue weighted by molar-refractivity contribution is 5.56. The Hall–Kier alpha value is -2.23. The summed E-state index contributed by atoms with van der Waals surface area (Å²) in [7, 11) is 1.56. The van der Waals surface area contributed by atoms with Gasteiger partial charge in [-0.1, -0.05) is 18.2 Å². The van der Waals surface area contributed by atoms with Gasteiger partial charge in [-0.3, -0.25) is 0 Å². The van der Waals surface area contributed by atoms with E-state index in [1.165, 1.54) is 6.07 Å². The molecule has 0 heterocycles. The maximum atomic E-state index is 13.4. The van der Waals surface area contributed by atoms with Crippen molar-refractivity contribution in [3.05, 3.63) is 53.8 Å². The van der Waals surface area contributed by atoms with Crippen molar-refractivity contribution in [3.63, 3.8) is 0 Å². The summed E-state index contributed by atoms with van der Waals surface area (Å²) >= 11 is 0. The highest BCUT2D eigenvalue weighted by Gasteiger charge is 2.05. The van der Waals surface area contributed by atoms with E-state index in [1.54, 1.807) is 43.5 Å². The number of hydrogen-bond donors (Lipinski definition) is 1. The summed E-state index contributed by atoms with van der Waals surface area (Å²) < 4.78 is 23.9. The third kappa shape index (κ3) is 2.71. The summed E-state index contributed by atoms with van der Waals surface area (Å²) in [6.45, 7) is 0.142. The lowest BCUT2D eigenvalue weighted by Crippen LogP contribution is -2.01. The third-order valence-electron chi connectivity index (χ3n) is 2.56. The summed E-state index contributed by atoms with van der Waals surface area (Å²) in [5.41, 5.74) is 6.76. The number of methoxy groups -OCH3 is 1. The van der Waals surface area contributed by atoms with Crippen molar-refractivity contribution in [3.8, 4) is 11.5 Å². The first-order valence-corrected chi connectivity index (χ1v) is 5.50. The van der Waals surface area contributed by atoms with Gasteiger partial charge in [-0.15, -0.1) is 0 Å². The molecule has 2 rings (SSSR count). The Morgan fingerprint density at radius 2 is 1.94 bits per heavy atom. The van der Waals surface area contributed by atoms with Gasteiger partial charge in [0.1, 0.15) is 23.9 Å². The first kappa shape index (κ1) is 12.2. The Morgan fingerprint density at radius 1 is 1.17 bits per heavy atom. The lowest BCUT2D eigenvalue weighted by Gasteiger charge is -2.10. The SMILES string of the molecule is COc1ccc(OCc2ccccc2F)c(N)c1. The van der Waals surface area contributed by atoms with E-state index in [-0.39, 0.29) is 12.4 Å². The van der Waals surface area contributed by atoms with Gasteiger partial charge in [0, 0.05) is 11.6 Å². The first-order chi connectivity index (χ1) is 8.70. The predicted molar refractivity (Wildman–Crippen MR) is 68.1 cm³/mol. The molecular formula is C14H14FNO2. The number of halogens is 1. The van der Waals surface area contributed by atoms with E-state index in [9.17, 15) is 4.39 Å². The summed E-state index contributed by atoms with van der Waals surface area (Å²) in [5.74, 6) is 0.884. The minimum atomic E-state index is -0.287. The molecule has 0 unspecified atom stereocenters. The largest absolute Gasteiger partial charge is 0.497 e. The molecule has 0 saturated carbocycles. The van der Waals surface area contributed by atoms with Gasteiger partial charge in [0.25, 0.3) is 0 Å². The van der Waals surface area contributed by atoms with Crippen molar-refractivity contribution in [2.24, 2.45) is 0 Å². The lowest BCUT2D eigenvalue weighted by atomic mass is 10.2. The number of ether oxygens (including phenoxy) is 2. The molecule has 0 aliphatic rings. The van der Waals surface area contributed by atoms with Gasteiger partial charge in [-0.05, 0) is 18.2 Å². The van der Waals surface area contributed by atoms with Crippen LogP contribution < -0.4 is 15.2 Å². The molecule has 0 radical (unpaired) electrons. The fourth-order valence-electron chi connectivity index (χ4n) is 1.56. The van der Waals surface area contributed by atoms with Crippen molar-refractivity contribution in [1.29, 1.82) is 0 Å². The average Bonchev–Trinajstić information content (AvgIpc) is 2.39. The second kappa shape index (κ2) is 5.40. The fraction of sp³-hybridized carbons (Fsp3) is 0.143. The smallest absolute Gasteiger partial charge is 0.142 e. The van der Waals surface area contributed by atoms with Crippen LogP contribution in [0.2, 0.25) is 0 Å². The molecule has 4 heteroatoms. The van der Waals surface area contributed by atoms with Crippen LogP contribution in [-0.4, -0.2) is 7.11 Å². The van der Waals surface area contributed by atoms with E-state index in [0.29, 0.717) is 22.7 Å². The summed E-state index contributed by atoms with van der Waals surface area (Å²) in [5, 5.41) is 0. The van der Waals surface area contributed by atoms with E-state index < -0.39 is 0 Å². The predicted octanol–water partition coefficient (Wildman–Crippen LogP) is 3.00. The Morgan fingerprint density at radius 3 is 2.61 bits per heavy atom. The minimum Gasteiger partial charge on any atom is -0.497 e. The monoisotopic (exact) mass is 247 g/mol. The number of benzene rings is 2. The van der Waals surface area contributed by atoms with Crippen molar-refractivity contribution in [1.82, 2.24) is 0 Å². The second-order valence-electron chi connectivity index (χ2n) is 3.78. The molecule has 2 N–H and O–H groups in total. The van der Waals surface area contributed by atoms with Crippen LogP contribution in [0.15, 0.2) is 42.5 Å². The van der Waals surface area contributed by atoms with Crippen molar-refractivity contribution in [2.45, 2.75) is 6.61 Å². The van der Waals surface area contributed by atoms with Gasteiger partial charge < -0.3 is 15.2 Å². The molecule has 0 aliphatic heterocycles. The normalized spacial score (nSPS) is 10.1. The Balaban J connectivity index is 2.09. The summed E-state index contributed by atoms with van der Waals surface area (Å²) in [6, 6.07) is 11.6. The maximum Gasteiger partial charge on any atom is 0.142 e. The molecule has 0 bridgehead atoms. The molecule has 0 saturated heterocycles. The van der Waals surface area contributed by atoms with E-state index in [1.807, 2.05) is 0 Å². The van der Waals surface area contributed by atoms with Crippen LogP contribution in [0.1, 0.15) is 5.56 Å². The number of anilines is 1. The molecule has 2 aromatic carbocycles. The summed E-state index contributed by atoms with van der Waals surface area (Å²) in [4.78, 5) is 0. The van der Waals surface area contributed by atoms with Gasteiger partial charge in [0.15, 0.2) is 0 Å². The highest BCUT2D eigenvalue weighted by Crippen LogP contribution is 2.27. The van der Waals surface area contributed by atoms with E-state index in [2.05, 4.69) is 0 Å². The van der Waals surface area contributed by atoms with Crippen molar-refractivity contribution >= 4 is 5.69 Å². The molecule has 18 heavy (non-hydrogen) atoms. The molecule has 2 aromatic rings. The van der Waals surface area contributed by atoms with E-state index in [4.69, 9.17) is 15.2 Å². The van der Waals surface area contributed by atoms with Crippen molar-refractivity contribution in [2.75, 3.05) is 12.8 Å². The molecule has 0 fully saturated rings. The number of hydrogen-bond acceptors (Lipinski definition) is 3. The zero-order valence-electron chi connectivity index (χ0n) is 10.0. The Kier molecular flexibility index (Phi) is 3.67. The van der Waals surface area contributed by atoms with Crippen LogP contribution in [0.4, 0.5) is 10.1 Å². The van der Waals surface area contributed by atoms with Crippen LogP contribution in [0.5, 0.6) is 11.5 Å². The molecule has 0 atom stereocenters. The quantitative estimate of drug-likeness (QED) is 0.845.